The summed E-state index contributed by atoms with van der Waals surface area (Å²) in [5.41, 5.74) is 1.60. The van der Waals surface area contributed by atoms with Crippen molar-refractivity contribution in [2.75, 3.05) is 0 Å². The number of aryl methyl sites for hydroxylation is 1. The lowest BCUT2D eigenvalue weighted by molar-refractivity contribution is -0.111. The predicted octanol–water partition coefficient (Wildman–Crippen LogP) is 1.17. The van der Waals surface area contributed by atoms with Crippen molar-refractivity contribution in [2.45, 2.75) is 19.3 Å². The van der Waals surface area contributed by atoms with E-state index in [0.29, 0.717) is 6.42 Å². The van der Waals surface area contributed by atoms with E-state index in [9.17, 15) is 4.79 Å². The fourth-order valence-corrected chi connectivity index (χ4v) is 1.19. The maximum absolute atomic E-state index is 10.6. The lowest BCUT2D eigenvalue weighted by atomic mass is 9.96. The minimum Gasteiger partial charge on any atom is -0.312 e. The Morgan fingerprint density at radius 2 is 1.92 bits per heavy atom. The molecule has 0 aliphatic rings. The van der Waals surface area contributed by atoms with Crippen LogP contribution >= 0.6 is 0 Å². The third-order valence-electron chi connectivity index (χ3n) is 1.84. The molecule has 0 saturated carbocycles. The van der Waals surface area contributed by atoms with Crippen molar-refractivity contribution >= 4 is 13.5 Å². The first-order valence-corrected chi connectivity index (χ1v) is 4.32. The van der Waals surface area contributed by atoms with E-state index in [4.69, 9.17) is 0 Å². The Bertz CT molecular complexity index is 243. The smallest absolute Gasteiger partial charge is 0.187 e. The molecule has 0 aliphatic carbocycles. The molecule has 1 aromatic carbocycles. The molecule has 0 aromatic heterocycles. The van der Waals surface area contributed by atoms with Crippen molar-refractivity contribution in [1.82, 2.24) is 0 Å². The third kappa shape index (κ3) is 3.38. The van der Waals surface area contributed by atoms with Gasteiger partial charge in [-0.05, 0) is 24.8 Å². The second-order valence-corrected chi connectivity index (χ2v) is 3.04. The highest BCUT2D eigenvalue weighted by molar-refractivity contribution is 6.57. The molecule has 0 fully saturated rings. The molecule has 0 heterocycles. The molecule has 0 unspecified atom stereocenters. The molecule has 0 spiro atoms. The zero-order valence-corrected chi connectivity index (χ0v) is 7.42. The van der Waals surface area contributed by atoms with E-state index < -0.39 is 0 Å². The van der Waals surface area contributed by atoms with Crippen molar-refractivity contribution in [1.29, 1.82) is 0 Å². The molecular formula is C10H13BO. The molecule has 0 saturated heterocycles. The van der Waals surface area contributed by atoms with Gasteiger partial charge in [-0.1, -0.05) is 30.3 Å². The van der Waals surface area contributed by atoms with Crippen molar-refractivity contribution in [3.05, 3.63) is 35.9 Å². The topological polar surface area (TPSA) is 17.1 Å². The Hall–Kier alpha value is -1.05. The highest BCUT2D eigenvalue weighted by atomic mass is 16.1. The van der Waals surface area contributed by atoms with Gasteiger partial charge in [-0.2, -0.15) is 0 Å². The van der Waals surface area contributed by atoms with E-state index in [0.717, 1.165) is 12.8 Å². The van der Waals surface area contributed by atoms with E-state index in [1.807, 2.05) is 18.2 Å². The van der Waals surface area contributed by atoms with Crippen LogP contribution in [0.2, 0.25) is 0 Å². The van der Waals surface area contributed by atoms with Gasteiger partial charge in [-0.15, -0.1) is 0 Å². The van der Waals surface area contributed by atoms with E-state index >= 15 is 0 Å². The van der Waals surface area contributed by atoms with Gasteiger partial charge in [0, 0.05) is 0 Å². The number of benzene rings is 1. The van der Waals surface area contributed by atoms with Gasteiger partial charge >= 0.3 is 0 Å². The Labute approximate surface area is 74.2 Å². The summed E-state index contributed by atoms with van der Waals surface area (Å²) in [6.07, 6.45) is 2.69. The Morgan fingerprint density at radius 3 is 2.50 bits per heavy atom. The fourth-order valence-electron chi connectivity index (χ4n) is 1.19. The minimum absolute atomic E-state index is 0.283. The maximum atomic E-state index is 10.6. The molecule has 0 bridgehead atoms. The summed E-state index contributed by atoms with van der Waals surface area (Å²) in [7, 11) is 1.64. The van der Waals surface area contributed by atoms with Gasteiger partial charge in [-0.25, -0.2) is 0 Å². The van der Waals surface area contributed by atoms with Gasteiger partial charge in [0.15, 0.2) is 7.85 Å². The molecule has 62 valence electrons. The third-order valence-corrected chi connectivity index (χ3v) is 1.84. The standard InChI is InChI=1S/C10H13BO/c11-10(12)8-4-7-9-5-2-1-3-6-9/h1-3,5-6H,4,7-8,11H2. The Balaban J connectivity index is 2.29. The summed E-state index contributed by atoms with van der Waals surface area (Å²) >= 11 is 0. The molecule has 1 rings (SSSR count). The Kier molecular flexibility index (Phi) is 3.59. The number of carbonyl (C=O) groups excluding carboxylic acids is 1. The summed E-state index contributed by atoms with van der Waals surface area (Å²) in [6, 6.07) is 10.3. The normalized spacial score (nSPS) is 9.67. The summed E-state index contributed by atoms with van der Waals surface area (Å²) < 4.78 is 0. The van der Waals surface area contributed by atoms with Crippen LogP contribution in [0.15, 0.2) is 30.3 Å². The van der Waals surface area contributed by atoms with E-state index in [1.54, 1.807) is 7.85 Å². The molecule has 0 amide bonds. The van der Waals surface area contributed by atoms with Crippen LogP contribution in [-0.4, -0.2) is 13.5 Å². The second kappa shape index (κ2) is 4.76. The van der Waals surface area contributed by atoms with Gasteiger partial charge in [0.05, 0.1) is 5.68 Å². The molecule has 0 radical (unpaired) electrons. The predicted molar refractivity (Wildman–Crippen MR) is 52.9 cm³/mol. The van der Waals surface area contributed by atoms with E-state index in [1.165, 1.54) is 5.56 Å². The molecule has 0 aliphatic heterocycles. The molecule has 0 N–H and O–H groups in total. The van der Waals surface area contributed by atoms with Gasteiger partial charge in [-0.3, -0.25) is 0 Å². The monoisotopic (exact) mass is 160 g/mol. The number of carbonyl (C=O) groups is 1. The SMILES string of the molecule is BC(=O)CCCc1ccccc1. The van der Waals surface area contributed by atoms with Crippen molar-refractivity contribution in [3.63, 3.8) is 0 Å². The van der Waals surface area contributed by atoms with Crippen LogP contribution in [0.4, 0.5) is 0 Å². The molecule has 2 heteroatoms. The first-order chi connectivity index (χ1) is 5.79. The average Bonchev–Trinajstić information content (AvgIpc) is 2.05. The lowest BCUT2D eigenvalue weighted by Gasteiger charge is -1.98. The van der Waals surface area contributed by atoms with Gasteiger partial charge in [0.1, 0.15) is 0 Å². The molecule has 1 nitrogen and oxygen atoms in total. The number of rotatable bonds is 4. The highest BCUT2D eigenvalue weighted by Crippen LogP contribution is 2.03. The van der Waals surface area contributed by atoms with Crippen molar-refractivity contribution in [2.24, 2.45) is 0 Å². The van der Waals surface area contributed by atoms with Crippen LogP contribution < -0.4 is 0 Å². The van der Waals surface area contributed by atoms with Crippen LogP contribution in [0.3, 0.4) is 0 Å². The van der Waals surface area contributed by atoms with Crippen molar-refractivity contribution in [3.8, 4) is 0 Å². The zero-order valence-electron chi connectivity index (χ0n) is 7.42. The summed E-state index contributed by atoms with van der Waals surface area (Å²) in [4.78, 5) is 10.6. The summed E-state index contributed by atoms with van der Waals surface area (Å²) in [5, 5.41) is 0. The van der Waals surface area contributed by atoms with E-state index in [2.05, 4.69) is 12.1 Å². The fraction of sp³-hybridized carbons (Fsp3) is 0.300. The molecule has 0 atom stereocenters. The quantitative estimate of drug-likeness (QED) is 0.604. The largest absolute Gasteiger partial charge is 0.312 e. The maximum Gasteiger partial charge on any atom is 0.187 e. The number of hydrogen-bond donors (Lipinski definition) is 0. The van der Waals surface area contributed by atoms with Crippen LogP contribution in [0.1, 0.15) is 18.4 Å². The zero-order chi connectivity index (χ0) is 8.81. The van der Waals surface area contributed by atoms with Crippen LogP contribution in [0.5, 0.6) is 0 Å². The van der Waals surface area contributed by atoms with Crippen LogP contribution in [0.25, 0.3) is 0 Å². The number of hydrogen-bond acceptors (Lipinski definition) is 1. The second-order valence-electron chi connectivity index (χ2n) is 3.04. The minimum atomic E-state index is 0.283. The Morgan fingerprint density at radius 1 is 1.25 bits per heavy atom. The average molecular weight is 160 g/mol. The van der Waals surface area contributed by atoms with Gasteiger partial charge < -0.3 is 4.79 Å². The summed E-state index contributed by atoms with van der Waals surface area (Å²) in [6.45, 7) is 0. The molecule has 12 heavy (non-hydrogen) atoms. The van der Waals surface area contributed by atoms with Gasteiger partial charge in [0.2, 0.25) is 0 Å². The van der Waals surface area contributed by atoms with Crippen LogP contribution in [-0.2, 0) is 11.2 Å². The van der Waals surface area contributed by atoms with Crippen molar-refractivity contribution < 1.29 is 4.79 Å². The van der Waals surface area contributed by atoms with E-state index in [-0.39, 0.29) is 5.68 Å². The molecule has 1 aromatic rings. The van der Waals surface area contributed by atoms with Gasteiger partial charge in [0.25, 0.3) is 0 Å². The first kappa shape index (κ1) is 9.05. The first-order valence-electron chi connectivity index (χ1n) is 4.32. The van der Waals surface area contributed by atoms with Crippen LogP contribution in [0, 0.1) is 0 Å². The highest BCUT2D eigenvalue weighted by Gasteiger charge is 1.94. The lowest BCUT2D eigenvalue weighted by Crippen LogP contribution is -1.96. The molecular weight excluding hydrogens is 147 g/mol. The summed E-state index contributed by atoms with van der Waals surface area (Å²) in [5.74, 6) is 0.